The maximum atomic E-state index is 4.30. The molecule has 0 radical (unpaired) electrons. The van der Waals surface area contributed by atoms with Gasteiger partial charge in [-0.1, -0.05) is 28.1 Å². The minimum Gasteiger partial charge on any atom is -0.346 e. The van der Waals surface area contributed by atoms with Crippen LogP contribution in [0.3, 0.4) is 0 Å². The average molecular weight is 251 g/mol. The number of allylic oxidation sites excluding steroid dienone is 1. The van der Waals surface area contributed by atoms with Gasteiger partial charge in [-0.15, -0.1) is 0 Å². The molecule has 0 saturated heterocycles. The predicted octanol–water partition coefficient (Wildman–Crippen LogP) is 3.36. The third kappa shape index (κ3) is 2.04. The van der Waals surface area contributed by atoms with Gasteiger partial charge in [-0.05, 0) is 24.1 Å². The Morgan fingerprint density at radius 3 is 3.29 bits per heavy atom. The van der Waals surface area contributed by atoms with Crippen molar-refractivity contribution in [2.75, 3.05) is 5.33 Å². The van der Waals surface area contributed by atoms with Crippen LogP contribution in [-0.4, -0.2) is 15.3 Å². The van der Waals surface area contributed by atoms with E-state index in [0.717, 1.165) is 28.3 Å². The second-order valence-corrected chi connectivity index (χ2v) is 3.86. The van der Waals surface area contributed by atoms with Crippen molar-refractivity contribution in [1.29, 1.82) is 0 Å². The molecule has 0 unspecified atom stereocenters. The fourth-order valence-corrected chi connectivity index (χ4v) is 1.59. The van der Waals surface area contributed by atoms with E-state index in [1.807, 2.05) is 18.5 Å². The van der Waals surface area contributed by atoms with Crippen molar-refractivity contribution in [2.24, 2.45) is 0 Å². The van der Waals surface area contributed by atoms with Crippen LogP contribution in [0.1, 0.15) is 12.0 Å². The predicted molar refractivity (Wildman–Crippen MR) is 63.5 cm³/mol. The highest BCUT2D eigenvalue weighted by Crippen LogP contribution is 2.12. The molecule has 1 N–H and O–H groups in total. The number of nitrogens with zero attached hydrogens (tertiary/aromatic N) is 1. The Hall–Kier alpha value is -1.09. The number of fused-ring (bicyclic) bond motifs is 1. The van der Waals surface area contributed by atoms with Gasteiger partial charge in [0.05, 0.1) is 0 Å². The van der Waals surface area contributed by atoms with Gasteiger partial charge in [-0.3, -0.25) is 0 Å². The van der Waals surface area contributed by atoms with Crippen molar-refractivity contribution < 1.29 is 0 Å². The third-order valence-corrected chi connectivity index (χ3v) is 2.47. The molecule has 0 atom stereocenters. The summed E-state index contributed by atoms with van der Waals surface area (Å²) in [7, 11) is 0. The summed E-state index contributed by atoms with van der Waals surface area (Å²) in [5.41, 5.74) is 2.10. The number of halogens is 1. The molecule has 0 aliphatic carbocycles. The topological polar surface area (TPSA) is 28.7 Å². The summed E-state index contributed by atoms with van der Waals surface area (Å²) in [6.45, 7) is 0. The van der Waals surface area contributed by atoms with Gasteiger partial charge in [0, 0.05) is 23.1 Å². The molecule has 2 aromatic heterocycles. The van der Waals surface area contributed by atoms with Crippen molar-refractivity contribution in [1.82, 2.24) is 9.97 Å². The molecular weight excluding hydrogens is 240 g/mol. The van der Waals surface area contributed by atoms with E-state index < -0.39 is 0 Å². The molecule has 3 heteroatoms. The van der Waals surface area contributed by atoms with E-state index >= 15 is 0 Å². The summed E-state index contributed by atoms with van der Waals surface area (Å²) in [4.78, 5) is 7.37. The van der Waals surface area contributed by atoms with Crippen molar-refractivity contribution in [3.05, 3.63) is 36.2 Å². The Kier molecular flexibility index (Phi) is 2.99. The van der Waals surface area contributed by atoms with Gasteiger partial charge in [0.2, 0.25) is 0 Å². The molecule has 72 valence electrons. The number of hydrogen-bond acceptors (Lipinski definition) is 1. The van der Waals surface area contributed by atoms with Crippen LogP contribution < -0.4 is 0 Å². The Morgan fingerprint density at radius 1 is 1.50 bits per heavy atom. The minimum atomic E-state index is 0.947. The first-order chi connectivity index (χ1) is 6.90. The Balaban J connectivity index is 2.25. The largest absolute Gasteiger partial charge is 0.346 e. The Morgan fingerprint density at radius 2 is 2.43 bits per heavy atom. The maximum Gasteiger partial charge on any atom is 0.137 e. The number of nitrogens with one attached hydrogen (secondary N) is 1. The molecule has 0 saturated carbocycles. The van der Waals surface area contributed by atoms with Crippen LogP contribution in [0.4, 0.5) is 0 Å². The van der Waals surface area contributed by atoms with Crippen LogP contribution in [0.5, 0.6) is 0 Å². The zero-order valence-electron chi connectivity index (χ0n) is 7.70. The minimum absolute atomic E-state index is 0.947. The summed E-state index contributed by atoms with van der Waals surface area (Å²) in [6.07, 6.45) is 9.07. The van der Waals surface area contributed by atoms with E-state index in [1.54, 1.807) is 0 Å². The molecule has 0 aliphatic heterocycles. The van der Waals surface area contributed by atoms with Gasteiger partial charge >= 0.3 is 0 Å². The number of aromatic amines is 1. The first-order valence-electron chi connectivity index (χ1n) is 4.56. The van der Waals surface area contributed by atoms with Crippen molar-refractivity contribution in [3.63, 3.8) is 0 Å². The zero-order valence-corrected chi connectivity index (χ0v) is 9.29. The third-order valence-electron chi connectivity index (χ3n) is 2.01. The van der Waals surface area contributed by atoms with Crippen molar-refractivity contribution >= 4 is 33.0 Å². The van der Waals surface area contributed by atoms with Gasteiger partial charge in [-0.2, -0.15) is 0 Å². The number of hydrogen-bond donors (Lipinski definition) is 1. The smallest absolute Gasteiger partial charge is 0.137 e. The van der Waals surface area contributed by atoms with Crippen LogP contribution in [-0.2, 0) is 0 Å². The van der Waals surface area contributed by atoms with Gasteiger partial charge in [0.15, 0.2) is 0 Å². The second kappa shape index (κ2) is 4.42. The van der Waals surface area contributed by atoms with Gasteiger partial charge in [-0.25, -0.2) is 4.98 Å². The highest BCUT2D eigenvalue weighted by molar-refractivity contribution is 9.09. The number of H-pyrrole nitrogens is 1. The van der Waals surface area contributed by atoms with E-state index in [9.17, 15) is 0 Å². The first kappa shape index (κ1) is 9.46. The zero-order chi connectivity index (χ0) is 9.80. The normalized spacial score (nSPS) is 11.5. The van der Waals surface area contributed by atoms with E-state index in [0.29, 0.717) is 0 Å². The number of aromatic nitrogens is 2. The fourth-order valence-electron chi connectivity index (χ4n) is 1.33. The number of rotatable bonds is 3. The Labute approximate surface area is 91.2 Å². The van der Waals surface area contributed by atoms with Crippen LogP contribution >= 0.6 is 15.9 Å². The summed E-state index contributed by atoms with van der Waals surface area (Å²) in [5.74, 6) is 0. The highest BCUT2D eigenvalue weighted by Gasteiger charge is 1.94. The molecule has 0 aliphatic rings. The average Bonchev–Trinajstić information content (AvgIpc) is 2.65. The molecule has 2 rings (SSSR count). The SMILES string of the molecule is BrCCC=Cc1cnc2[nH]ccc2c1. The fraction of sp³-hybridized carbons (Fsp3) is 0.182. The molecule has 0 fully saturated rings. The molecular formula is C11H11BrN2. The lowest BCUT2D eigenvalue weighted by Gasteiger charge is -1.93. The first-order valence-corrected chi connectivity index (χ1v) is 5.68. The molecule has 2 nitrogen and oxygen atoms in total. The molecule has 0 amide bonds. The van der Waals surface area contributed by atoms with Gasteiger partial charge in [0.1, 0.15) is 5.65 Å². The highest BCUT2D eigenvalue weighted by atomic mass is 79.9. The monoisotopic (exact) mass is 250 g/mol. The van der Waals surface area contributed by atoms with E-state index in [-0.39, 0.29) is 0 Å². The van der Waals surface area contributed by atoms with Crippen LogP contribution in [0.15, 0.2) is 30.6 Å². The second-order valence-electron chi connectivity index (χ2n) is 3.06. The van der Waals surface area contributed by atoms with Gasteiger partial charge < -0.3 is 4.98 Å². The van der Waals surface area contributed by atoms with Crippen LogP contribution in [0.2, 0.25) is 0 Å². The molecule has 0 bridgehead atoms. The van der Waals surface area contributed by atoms with Gasteiger partial charge in [0.25, 0.3) is 0 Å². The lowest BCUT2D eigenvalue weighted by molar-refractivity contribution is 1.27. The lowest BCUT2D eigenvalue weighted by Crippen LogP contribution is -1.78. The van der Waals surface area contributed by atoms with E-state index in [4.69, 9.17) is 0 Å². The molecule has 14 heavy (non-hydrogen) atoms. The molecule has 0 aromatic carbocycles. The van der Waals surface area contributed by atoms with Crippen molar-refractivity contribution in [3.8, 4) is 0 Å². The quantitative estimate of drug-likeness (QED) is 0.832. The molecule has 0 spiro atoms. The van der Waals surface area contributed by atoms with Crippen LogP contribution in [0, 0.1) is 0 Å². The van der Waals surface area contributed by atoms with Crippen molar-refractivity contribution in [2.45, 2.75) is 6.42 Å². The molecule has 2 heterocycles. The van der Waals surface area contributed by atoms with E-state index in [1.165, 1.54) is 0 Å². The number of pyridine rings is 1. The Bertz CT molecular complexity index is 445. The summed E-state index contributed by atoms with van der Waals surface area (Å²) in [6, 6.07) is 4.16. The maximum absolute atomic E-state index is 4.30. The summed E-state index contributed by atoms with van der Waals surface area (Å²) in [5, 5.41) is 2.16. The van der Waals surface area contributed by atoms with Crippen LogP contribution in [0.25, 0.3) is 17.1 Å². The molecule has 2 aromatic rings. The summed E-state index contributed by atoms with van der Waals surface area (Å²) < 4.78 is 0. The lowest BCUT2D eigenvalue weighted by atomic mass is 10.2. The number of alkyl halides is 1. The van der Waals surface area contributed by atoms with E-state index in [2.05, 4.69) is 44.1 Å². The summed E-state index contributed by atoms with van der Waals surface area (Å²) >= 11 is 3.38. The standard InChI is InChI=1S/C11H11BrN2/c12-5-2-1-3-9-7-10-4-6-13-11(10)14-8-9/h1,3-4,6-8H,2,5H2,(H,13,14).